The highest BCUT2D eigenvalue weighted by molar-refractivity contribution is 5.89. The normalized spacial score (nSPS) is 28.3. The molecule has 0 spiro atoms. The summed E-state index contributed by atoms with van der Waals surface area (Å²) in [5, 5.41) is 0. The third-order valence-corrected chi connectivity index (χ3v) is 5.79. The van der Waals surface area contributed by atoms with Gasteiger partial charge >= 0.3 is 0 Å². The summed E-state index contributed by atoms with van der Waals surface area (Å²) in [6.07, 6.45) is 2.30. The molecule has 2 aliphatic rings. The summed E-state index contributed by atoms with van der Waals surface area (Å²) in [5.41, 5.74) is 7.01. The van der Waals surface area contributed by atoms with Crippen LogP contribution < -0.4 is 5.73 Å². The van der Waals surface area contributed by atoms with Crippen LogP contribution in [0.15, 0.2) is 30.3 Å². The number of rotatable bonds is 4. The van der Waals surface area contributed by atoms with Gasteiger partial charge in [0, 0.05) is 32.1 Å². The molecule has 1 aromatic carbocycles. The molecule has 5 nitrogen and oxygen atoms in total. The smallest absolute Gasteiger partial charge is 0.228 e. The Morgan fingerprint density at radius 3 is 2.72 bits per heavy atom. The van der Waals surface area contributed by atoms with Gasteiger partial charge in [0.15, 0.2) is 0 Å². The molecular weight excluding hydrogens is 314 g/mol. The van der Waals surface area contributed by atoms with Gasteiger partial charge in [-0.2, -0.15) is 0 Å². The molecule has 3 rings (SSSR count). The van der Waals surface area contributed by atoms with Crippen LogP contribution in [-0.4, -0.2) is 47.3 Å². The molecule has 2 fully saturated rings. The standard InChI is InChI=1S/C20H29N3O2/c1-14-8-9-22(18(10-14)12-21)20(25)17-11-19(24)23(13-17)15(2)16-6-4-3-5-7-16/h3-7,14-15,17-18H,8-13,21H2,1-2H3. The van der Waals surface area contributed by atoms with Crippen molar-refractivity contribution in [1.82, 2.24) is 9.80 Å². The van der Waals surface area contributed by atoms with E-state index in [9.17, 15) is 9.59 Å². The van der Waals surface area contributed by atoms with Gasteiger partial charge in [0.2, 0.25) is 11.8 Å². The van der Waals surface area contributed by atoms with E-state index in [0.29, 0.717) is 25.4 Å². The number of nitrogens with zero attached hydrogens (tertiary/aromatic N) is 2. The molecule has 2 saturated heterocycles. The quantitative estimate of drug-likeness (QED) is 0.911. The van der Waals surface area contributed by atoms with Gasteiger partial charge in [0.05, 0.1) is 12.0 Å². The Labute approximate surface area is 150 Å². The lowest BCUT2D eigenvalue weighted by atomic mass is 9.91. The van der Waals surface area contributed by atoms with Crippen molar-refractivity contribution < 1.29 is 9.59 Å². The predicted octanol–water partition coefficient (Wildman–Crippen LogP) is 2.18. The Hall–Kier alpha value is -1.88. The van der Waals surface area contributed by atoms with Crippen LogP contribution >= 0.6 is 0 Å². The molecular formula is C20H29N3O2. The van der Waals surface area contributed by atoms with E-state index in [2.05, 4.69) is 6.92 Å². The second kappa shape index (κ2) is 7.56. The molecule has 4 unspecified atom stereocenters. The molecule has 0 aromatic heterocycles. The van der Waals surface area contributed by atoms with Gasteiger partial charge in [-0.25, -0.2) is 0 Å². The number of nitrogens with two attached hydrogens (primary N) is 1. The summed E-state index contributed by atoms with van der Waals surface area (Å²) < 4.78 is 0. The highest BCUT2D eigenvalue weighted by Gasteiger charge is 2.41. The number of hydrogen-bond acceptors (Lipinski definition) is 3. The van der Waals surface area contributed by atoms with E-state index in [0.717, 1.165) is 24.9 Å². The first-order chi connectivity index (χ1) is 12.0. The third-order valence-electron chi connectivity index (χ3n) is 5.79. The number of carbonyl (C=O) groups is 2. The molecule has 0 bridgehead atoms. The van der Waals surface area contributed by atoms with Crippen molar-refractivity contribution in [3.63, 3.8) is 0 Å². The van der Waals surface area contributed by atoms with E-state index >= 15 is 0 Å². The fourth-order valence-electron chi connectivity index (χ4n) is 4.18. The molecule has 2 aliphatic heterocycles. The molecule has 5 heteroatoms. The van der Waals surface area contributed by atoms with Crippen LogP contribution in [0.1, 0.15) is 44.7 Å². The molecule has 136 valence electrons. The Kier molecular flexibility index (Phi) is 5.42. The van der Waals surface area contributed by atoms with Crippen LogP contribution in [0.3, 0.4) is 0 Å². The molecule has 2 heterocycles. The van der Waals surface area contributed by atoms with Gasteiger partial charge in [-0.05, 0) is 31.2 Å². The minimum atomic E-state index is -0.235. The summed E-state index contributed by atoms with van der Waals surface area (Å²) in [5.74, 6) is 0.557. The van der Waals surface area contributed by atoms with Gasteiger partial charge in [-0.3, -0.25) is 9.59 Å². The minimum absolute atomic E-state index is 0.00168. The summed E-state index contributed by atoms with van der Waals surface area (Å²) in [6, 6.07) is 10.1. The van der Waals surface area contributed by atoms with E-state index < -0.39 is 0 Å². The third kappa shape index (κ3) is 3.71. The molecule has 2 amide bonds. The first kappa shape index (κ1) is 17.9. The van der Waals surface area contributed by atoms with Crippen LogP contribution in [0.2, 0.25) is 0 Å². The molecule has 0 radical (unpaired) electrons. The monoisotopic (exact) mass is 343 g/mol. The second-order valence-electron chi connectivity index (χ2n) is 7.58. The van der Waals surface area contributed by atoms with Crippen molar-refractivity contribution in [2.75, 3.05) is 19.6 Å². The second-order valence-corrected chi connectivity index (χ2v) is 7.58. The van der Waals surface area contributed by atoms with Crippen LogP contribution in [0.25, 0.3) is 0 Å². The number of carbonyl (C=O) groups excluding carboxylic acids is 2. The van der Waals surface area contributed by atoms with Crippen LogP contribution in [0, 0.1) is 11.8 Å². The maximum Gasteiger partial charge on any atom is 0.228 e. The minimum Gasteiger partial charge on any atom is -0.338 e. The molecule has 4 atom stereocenters. The Balaban J connectivity index is 1.68. The lowest BCUT2D eigenvalue weighted by Gasteiger charge is -2.39. The van der Waals surface area contributed by atoms with E-state index in [1.165, 1.54) is 0 Å². The highest BCUT2D eigenvalue weighted by Crippen LogP contribution is 2.31. The molecule has 1 aromatic rings. The highest BCUT2D eigenvalue weighted by atomic mass is 16.2. The summed E-state index contributed by atoms with van der Waals surface area (Å²) in [4.78, 5) is 29.3. The van der Waals surface area contributed by atoms with Gasteiger partial charge in [0.1, 0.15) is 0 Å². The van der Waals surface area contributed by atoms with Crippen molar-refractivity contribution in [3.05, 3.63) is 35.9 Å². The topological polar surface area (TPSA) is 66.6 Å². The number of hydrogen-bond donors (Lipinski definition) is 1. The van der Waals surface area contributed by atoms with Gasteiger partial charge in [-0.1, -0.05) is 37.3 Å². The number of benzene rings is 1. The van der Waals surface area contributed by atoms with Gasteiger partial charge < -0.3 is 15.5 Å². The van der Waals surface area contributed by atoms with Crippen molar-refractivity contribution in [3.8, 4) is 0 Å². The first-order valence-corrected chi connectivity index (χ1v) is 9.36. The largest absolute Gasteiger partial charge is 0.338 e. The summed E-state index contributed by atoms with van der Waals surface area (Å²) in [6.45, 7) is 6.02. The van der Waals surface area contributed by atoms with Crippen molar-refractivity contribution in [1.29, 1.82) is 0 Å². The molecule has 25 heavy (non-hydrogen) atoms. The van der Waals surface area contributed by atoms with Crippen LogP contribution in [-0.2, 0) is 9.59 Å². The zero-order valence-electron chi connectivity index (χ0n) is 15.2. The lowest BCUT2D eigenvalue weighted by Crippen LogP contribution is -2.51. The van der Waals surface area contributed by atoms with E-state index in [-0.39, 0.29) is 29.8 Å². The Bertz CT molecular complexity index is 619. The first-order valence-electron chi connectivity index (χ1n) is 9.36. The molecule has 0 saturated carbocycles. The zero-order valence-corrected chi connectivity index (χ0v) is 15.2. The zero-order chi connectivity index (χ0) is 18.0. The maximum atomic E-state index is 13.0. The van der Waals surface area contributed by atoms with Gasteiger partial charge in [-0.15, -0.1) is 0 Å². The molecule has 0 aliphatic carbocycles. The number of amides is 2. The summed E-state index contributed by atoms with van der Waals surface area (Å²) >= 11 is 0. The average Bonchev–Trinajstić information content (AvgIpc) is 3.02. The van der Waals surface area contributed by atoms with Crippen molar-refractivity contribution in [2.24, 2.45) is 17.6 Å². The maximum absolute atomic E-state index is 13.0. The number of likely N-dealkylation sites (tertiary alicyclic amines) is 2. The van der Waals surface area contributed by atoms with Crippen molar-refractivity contribution in [2.45, 2.75) is 45.2 Å². The Morgan fingerprint density at radius 1 is 1.32 bits per heavy atom. The van der Waals surface area contributed by atoms with Crippen LogP contribution in [0.5, 0.6) is 0 Å². The lowest BCUT2D eigenvalue weighted by molar-refractivity contribution is -0.139. The van der Waals surface area contributed by atoms with E-state index in [1.807, 2.05) is 47.1 Å². The van der Waals surface area contributed by atoms with Crippen LogP contribution in [0.4, 0.5) is 0 Å². The van der Waals surface area contributed by atoms with Crippen molar-refractivity contribution >= 4 is 11.8 Å². The SMILES string of the molecule is CC1CCN(C(=O)C2CC(=O)N(C(C)c3ccccc3)C2)C(CN)C1. The fraction of sp³-hybridized carbons (Fsp3) is 0.600. The van der Waals surface area contributed by atoms with Gasteiger partial charge in [0.25, 0.3) is 0 Å². The number of piperidine rings is 1. The molecule has 2 N–H and O–H groups in total. The predicted molar refractivity (Wildman–Crippen MR) is 97.6 cm³/mol. The van der Waals surface area contributed by atoms with E-state index in [4.69, 9.17) is 5.73 Å². The summed E-state index contributed by atoms with van der Waals surface area (Å²) in [7, 11) is 0. The average molecular weight is 343 g/mol. The Morgan fingerprint density at radius 2 is 2.04 bits per heavy atom. The fourth-order valence-corrected chi connectivity index (χ4v) is 4.18. The van der Waals surface area contributed by atoms with E-state index in [1.54, 1.807) is 0 Å².